The topological polar surface area (TPSA) is 273 Å². The van der Waals surface area contributed by atoms with E-state index in [4.69, 9.17) is 44.1 Å². The van der Waals surface area contributed by atoms with Crippen LogP contribution in [-0.4, -0.2) is 228 Å². The van der Waals surface area contributed by atoms with Crippen molar-refractivity contribution in [3.8, 4) is 11.1 Å². The molecule has 610 valence electrons. The number of alkyl carbamates (subject to hydrolysis) is 1. The number of esters is 1. The fourth-order valence-electron chi connectivity index (χ4n) is 14.3. The summed E-state index contributed by atoms with van der Waals surface area (Å²) in [5.74, 6) is -4.07. The first-order chi connectivity index (χ1) is 52.5. The molecule has 8 atom stereocenters. The maximum Gasteiger partial charge on any atom is 0.424 e. The molecule has 28 heteroatoms. The number of hydrazine groups is 1. The Balaban J connectivity index is 0.880. The van der Waals surface area contributed by atoms with Crippen LogP contribution in [0.25, 0.3) is 22.0 Å². The molecule has 2 saturated heterocycles. The molecule has 25 nitrogen and oxygen atoms in total. The summed E-state index contributed by atoms with van der Waals surface area (Å²) in [6.45, 7) is 29.7. The van der Waals surface area contributed by atoms with Crippen LogP contribution in [0.5, 0.6) is 0 Å². The van der Waals surface area contributed by atoms with Crippen molar-refractivity contribution in [2.45, 2.75) is 205 Å². The molecule has 4 heterocycles. The van der Waals surface area contributed by atoms with Crippen molar-refractivity contribution in [2.75, 3.05) is 92.7 Å². The molecule has 0 saturated carbocycles. The monoisotopic (exact) mass is 1600 g/mol. The summed E-state index contributed by atoms with van der Waals surface area (Å²) >= 11 is 6.96. The van der Waals surface area contributed by atoms with E-state index in [0.29, 0.717) is 17.1 Å². The van der Waals surface area contributed by atoms with E-state index in [-0.39, 0.29) is 87.8 Å². The molecule has 0 radical (unpaired) electrons. The molecule has 4 bridgehead atoms. The number of carbonyl (C=O) groups is 8. The molecule has 3 N–H and O–H groups in total. The highest BCUT2D eigenvalue weighted by Gasteiger charge is 2.65. The first-order valence-electron chi connectivity index (χ1n) is 38.7. The van der Waals surface area contributed by atoms with E-state index in [1.165, 1.54) is 45.7 Å². The summed E-state index contributed by atoms with van der Waals surface area (Å²) in [6.07, 6.45) is -0.500. The van der Waals surface area contributed by atoms with Crippen molar-refractivity contribution in [3.63, 3.8) is 0 Å². The summed E-state index contributed by atoms with van der Waals surface area (Å²) in [7, 11) is 3.14. The lowest BCUT2D eigenvalue weighted by Gasteiger charge is -2.42. The second kappa shape index (κ2) is 36.1. The largest absolute Gasteiger partial charge is 0.457 e. The van der Waals surface area contributed by atoms with Crippen LogP contribution in [0.3, 0.4) is 0 Å². The normalized spacial score (nSPS) is 21.9. The molecular formula is C84H118ClN9O16Si2. The third-order valence-electron chi connectivity index (χ3n) is 23.8. The number of halogens is 1. The van der Waals surface area contributed by atoms with Gasteiger partial charge in [-0.25, -0.2) is 24.4 Å². The third kappa shape index (κ3) is 20.6. The number of epoxide rings is 1. The van der Waals surface area contributed by atoms with E-state index >= 15 is 4.79 Å². The summed E-state index contributed by atoms with van der Waals surface area (Å²) in [5.41, 5.74) is 5.84. The zero-order valence-electron chi connectivity index (χ0n) is 69.1. The van der Waals surface area contributed by atoms with Crippen molar-refractivity contribution in [3.05, 3.63) is 148 Å². The van der Waals surface area contributed by atoms with Crippen molar-refractivity contribution in [2.24, 2.45) is 5.92 Å². The number of aryl methyl sites for hydroxylation is 2. The minimum Gasteiger partial charge on any atom is -0.457 e. The molecule has 112 heavy (non-hydrogen) atoms. The number of para-hydroxylation sites is 1. The Bertz CT molecular complexity index is 4300. The van der Waals surface area contributed by atoms with Crippen LogP contribution in [0, 0.1) is 12.8 Å². The number of carbonyl (C=O) groups excluding carboxylic acids is 8. The van der Waals surface area contributed by atoms with E-state index in [1.54, 1.807) is 52.2 Å². The number of anilines is 1. The van der Waals surface area contributed by atoms with Gasteiger partial charge in [0.1, 0.15) is 36.6 Å². The molecular weight excluding hydrogens is 1480 g/mol. The number of benzene rings is 4. The molecule has 1 aliphatic carbocycles. The highest BCUT2D eigenvalue weighted by atomic mass is 35.5. The van der Waals surface area contributed by atoms with Crippen LogP contribution in [0.15, 0.2) is 115 Å². The number of aliphatic hydroxyl groups is 1. The Hall–Kier alpha value is -8.26. The molecule has 9 rings (SSSR count). The molecule has 7 amide bonds. The lowest BCUT2D eigenvalue weighted by Crippen LogP contribution is -2.63. The Morgan fingerprint density at radius 3 is 2.04 bits per heavy atom. The van der Waals surface area contributed by atoms with Crippen LogP contribution < -0.4 is 15.5 Å². The van der Waals surface area contributed by atoms with Gasteiger partial charge < -0.3 is 67.1 Å². The van der Waals surface area contributed by atoms with Crippen molar-refractivity contribution in [1.82, 2.24) is 39.9 Å². The average Bonchev–Trinajstić information content (AvgIpc) is 1.57. The van der Waals surface area contributed by atoms with Gasteiger partial charge in [-0.15, -0.1) is 0 Å². The molecule has 3 aliphatic heterocycles. The van der Waals surface area contributed by atoms with E-state index < -0.39 is 132 Å². The molecule has 1 unspecified atom stereocenters. The first kappa shape index (κ1) is 87.7. The number of amides is 7. The van der Waals surface area contributed by atoms with Gasteiger partial charge in [0, 0.05) is 104 Å². The predicted molar refractivity (Wildman–Crippen MR) is 437 cm³/mol. The number of allylic oxidation sites excluding steroid dienone is 3. The van der Waals surface area contributed by atoms with Gasteiger partial charge >= 0.3 is 18.2 Å². The lowest BCUT2D eigenvalue weighted by atomic mass is 9.83. The van der Waals surface area contributed by atoms with Crippen LogP contribution in [0.1, 0.15) is 129 Å². The first-order valence-corrected chi connectivity index (χ1v) is 44.9. The van der Waals surface area contributed by atoms with Gasteiger partial charge in [0.25, 0.3) is 0 Å². The van der Waals surface area contributed by atoms with Crippen LogP contribution in [0.4, 0.5) is 15.3 Å². The van der Waals surface area contributed by atoms with E-state index in [0.717, 1.165) is 55.6 Å². The summed E-state index contributed by atoms with van der Waals surface area (Å²) in [4.78, 5) is 120. The fraction of sp³-hybridized carbons (Fsp3) is 0.548. The number of methoxy groups -OCH3 is 1. The van der Waals surface area contributed by atoms with E-state index in [1.807, 2.05) is 91.2 Å². The molecule has 0 spiro atoms. The number of nitrogens with one attached hydrogen (secondary N) is 2. The number of rotatable bonds is 27. The Labute approximate surface area is 667 Å². The zero-order valence-corrected chi connectivity index (χ0v) is 71.9. The van der Waals surface area contributed by atoms with Gasteiger partial charge in [0.05, 0.1) is 56.1 Å². The molecule has 1 aromatic heterocycles. The number of aromatic nitrogens is 1. The Morgan fingerprint density at radius 1 is 0.812 bits per heavy atom. The maximum absolute atomic E-state index is 15.0. The minimum absolute atomic E-state index is 0.00549. The van der Waals surface area contributed by atoms with Gasteiger partial charge in [-0.3, -0.25) is 29.3 Å². The number of hydrogen-bond acceptors (Lipinski definition) is 17. The van der Waals surface area contributed by atoms with Gasteiger partial charge in [-0.05, 0) is 127 Å². The van der Waals surface area contributed by atoms with Crippen LogP contribution >= 0.6 is 11.6 Å². The van der Waals surface area contributed by atoms with Crippen molar-refractivity contribution in [1.29, 1.82) is 0 Å². The summed E-state index contributed by atoms with van der Waals surface area (Å²) in [5, 5.41) is 21.6. The van der Waals surface area contributed by atoms with Crippen LogP contribution in [0.2, 0.25) is 41.3 Å². The quantitative estimate of drug-likeness (QED) is 0.0145. The predicted octanol–water partition coefficient (Wildman–Crippen LogP) is 12.3. The summed E-state index contributed by atoms with van der Waals surface area (Å²) in [6, 6.07) is 28.7. The Kier molecular flexibility index (Phi) is 28.2. The number of fused-ring (bicyclic) bond motifs is 9. The SMILES string of the molecule is CO[C@@H]1/C=C/C=C(\C)Cc2cc(C)c(Cl)c(c2)N(C)C(=O)C[C@H](OC(=O)[C@H](C)N(C)C(=O)CCN(CCO[Si](C)(C)C(C)(C)C)C(=O)CN(CCO[Si](C)(C)C(C)(C)C)C(=O)CNC(=O)CCn2c(CN(C)N(C)C(=O)OCC3c4ccccc4-c4ccccc43)cc3ccccc32)[C@]2(C)OC2[C@H](C)[C@@H]2C[C@@]1(O)NC(=O)O2. The maximum atomic E-state index is 15.0. The van der Waals surface area contributed by atoms with Gasteiger partial charge in [0.2, 0.25) is 29.5 Å². The fourth-order valence-corrected chi connectivity index (χ4v) is 16.6. The van der Waals surface area contributed by atoms with Crippen molar-refractivity contribution < 1.29 is 76.0 Å². The highest BCUT2D eigenvalue weighted by Crippen LogP contribution is 2.50. The lowest BCUT2D eigenvalue weighted by molar-refractivity contribution is -0.162. The second-order valence-corrected chi connectivity index (χ2v) is 43.7. The second-order valence-electron chi connectivity index (χ2n) is 33.7. The van der Waals surface area contributed by atoms with Gasteiger partial charge in [-0.2, -0.15) is 0 Å². The number of likely N-dealkylation sites (N-methyl/N-ethyl adjacent to an activating group) is 1. The Morgan fingerprint density at radius 2 is 1.42 bits per heavy atom. The highest BCUT2D eigenvalue weighted by molar-refractivity contribution is 6.74. The summed E-state index contributed by atoms with van der Waals surface area (Å²) < 4.78 is 45.5. The standard InChI is InChI=1S/C84H118ClN9O16Si2/c1-54-28-27-35-69(104-16)84(103)49-68(108-79(101)87-84)56(3)77-83(11,110-77)70(48-73(97)90(14)67-46-58(44-54)45-55(2)76(67)85)109-78(100)57(4)89(13)72(96)37-38-92(40-42-106-111(17,18)81(5,6)7)75(99)52-93(41-43-107-112(19,20)82(8,9)10)74(98)50-86-71(95)36-39-94-60(47-59-29-21-26-34-66(59)94)51-88(12)91(15)80(102)105-53-65-63-32-24-22-30-61(63)62-31-23-25-33-64(62)65/h21-35,45-47,56-57,65,68-70,77,103H,36-44,48-53H2,1-20H3,(H,86,95)(H,87,101)/b35-27+,54-28+/t56-,57+,68+,69-,70+,77?,83+,84+/m1/s1. The molecule has 2 fully saturated rings. The van der Waals surface area contributed by atoms with E-state index in [9.17, 15) is 38.7 Å². The van der Waals surface area contributed by atoms with Gasteiger partial charge in [-0.1, -0.05) is 157 Å². The van der Waals surface area contributed by atoms with Crippen LogP contribution in [-0.2, 0) is 80.8 Å². The molecule has 5 aromatic rings. The van der Waals surface area contributed by atoms with E-state index in [2.05, 4.69) is 103 Å². The minimum atomic E-state index is -2.39. The molecule has 4 aliphatic rings. The van der Waals surface area contributed by atoms with Gasteiger partial charge in [0.15, 0.2) is 22.4 Å². The number of hydrogen-bond donors (Lipinski definition) is 3. The number of ether oxygens (including phenoxy) is 5. The number of nitrogens with zero attached hydrogens (tertiary/aromatic N) is 7. The molecule has 4 aromatic carbocycles. The average molecular weight is 1600 g/mol. The third-order valence-corrected chi connectivity index (χ3v) is 33.4. The smallest absolute Gasteiger partial charge is 0.424 e. The van der Waals surface area contributed by atoms with Crippen molar-refractivity contribution >= 4 is 92.5 Å². The zero-order chi connectivity index (χ0) is 82.3.